The number of phenolic OH excluding ortho intramolecular Hbond substituents is 2. The Kier molecular flexibility index (Phi) is 4.66. The second kappa shape index (κ2) is 6.01. The van der Waals surface area contributed by atoms with Crippen LogP contribution in [0.25, 0.3) is 0 Å². The van der Waals surface area contributed by atoms with Crippen molar-refractivity contribution in [1.82, 2.24) is 4.98 Å². The molecular weight excluding hydrogens is 272 g/mol. The van der Waals surface area contributed by atoms with Gasteiger partial charge in [0.05, 0.1) is 12.3 Å². The number of benzene rings is 1. The third kappa shape index (κ3) is 3.56. The highest BCUT2D eigenvalue weighted by molar-refractivity contribution is 5.95. The number of halogens is 1. The van der Waals surface area contributed by atoms with Crippen LogP contribution in [0.15, 0.2) is 41.6 Å². The van der Waals surface area contributed by atoms with Gasteiger partial charge in [-0.1, -0.05) is 0 Å². The van der Waals surface area contributed by atoms with Crippen LogP contribution in [-0.2, 0) is 6.54 Å². The van der Waals surface area contributed by atoms with Gasteiger partial charge < -0.3 is 22.6 Å². The Morgan fingerprint density at radius 3 is 2.53 bits per heavy atom. The average molecular weight is 283 g/mol. The summed E-state index contributed by atoms with van der Waals surface area (Å²) in [7, 11) is 0. The molecule has 2 rings (SSSR count). The second-order valence-electron chi connectivity index (χ2n) is 3.75. The number of H-pyrrole nitrogens is 1. The van der Waals surface area contributed by atoms with Crippen LogP contribution < -0.4 is 22.5 Å². The van der Waals surface area contributed by atoms with E-state index in [1.54, 1.807) is 0 Å². The molecule has 100 valence electrons. The Morgan fingerprint density at radius 2 is 1.95 bits per heavy atom. The van der Waals surface area contributed by atoms with E-state index in [9.17, 15) is 14.7 Å². The van der Waals surface area contributed by atoms with Gasteiger partial charge in [-0.3, -0.25) is 4.79 Å². The lowest BCUT2D eigenvalue weighted by Gasteiger charge is -2.02. The molecule has 0 unspecified atom stereocenters. The van der Waals surface area contributed by atoms with Gasteiger partial charge in [0.1, 0.15) is 0 Å². The fourth-order valence-corrected chi connectivity index (χ4v) is 1.45. The Labute approximate surface area is 114 Å². The van der Waals surface area contributed by atoms with E-state index in [-0.39, 0.29) is 47.4 Å². The minimum atomic E-state index is -0.340. The minimum absolute atomic E-state index is 0. The molecule has 7 heteroatoms. The van der Waals surface area contributed by atoms with Gasteiger partial charge in [-0.2, -0.15) is 0 Å². The average Bonchev–Trinajstić information content (AvgIpc) is 2.35. The molecule has 0 aliphatic rings. The third-order valence-corrected chi connectivity index (χ3v) is 2.41. The summed E-state index contributed by atoms with van der Waals surface area (Å²) >= 11 is 0. The van der Waals surface area contributed by atoms with Crippen molar-refractivity contribution in [2.75, 3.05) is 0 Å². The minimum Gasteiger partial charge on any atom is -1.00 e. The summed E-state index contributed by atoms with van der Waals surface area (Å²) in [5.41, 5.74) is 0.0324. The van der Waals surface area contributed by atoms with Crippen molar-refractivity contribution in [3.8, 4) is 11.5 Å². The number of ketones is 1. The summed E-state index contributed by atoms with van der Waals surface area (Å²) < 4.78 is 1.51. The number of carbonyl (C=O) groups is 1. The lowest BCUT2D eigenvalue weighted by atomic mass is 10.1. The van der Waals surface area contributed by atoms with E-state index in [4.69, 9.17) is 5.11 Å². The molecule has 6 nitrogen and oxygen atoms in total. The van der Waals surface area contributed by atoms with Gasteiger partial charge in [0.25, 0.3) is 0 Å². The van der Waals surface area contributed by atoms with E-state index in [1.807, 2.05) is 0 Å². The van der Waals surface area contributed by atoms with Gasteiger partial charge in [0.15, 0.2) is 18.0 Å². The van der Waals surface area contributed by atoms with Crippen LogP contribution in [-0.4, -0.2) is 21.0 Å². The molecule has 0 aliphatic carbocycles. The van der Waals surface area contributed by atoms with Crippen molar-refractivity contribution in [3.63, 3.8) is 0 Å². The zero-order valence-corrected chi connectivity index (χ0v) is 10.5. The number of hydrogen-bond acceptors (Lipinski definition) is 4. The number of phenols is 2. The molecule has 1 aromatic heterocycles. The highest BCUT2D eigenvalue weighted by atomic mass is 35.5. The van der Waals surface area contributed by atoms with Crippen LogP contribution in [0, 0.1) is 0 Å². The zero-order valence-electron chi connectivity index (χ0n) is 9.71. The highest BCUT2D eigenvalue weighted by Gasteiger charge is 2.11. The number of Topliss-reactive ketones (excluding diaryl/α,β-unsaturated/α-hetero) is 1. The van der Waals surface area contributed by atoms with Gasteiger partial charge in [0, 0.05) is 5.56 Å². The summed E-state index contributed by atoms with van der Waals surface area (Å²) in [6.07, 6.45) is 2.87. The van der Waals surface area contributed by atoms with Gasteiger partial charge in [-0.15, -0.1) is 0 Å². The predicted octanol–water partition coefficient (Wildman–Crippen LogP) is -3.04. The Bertz CT molecular complexity index is 634. The molecule has 0 atom stereocenters. The molecule has 3 N–H and O–H groups in total. The molecule has 0 saturated carbocycles. The molecule has 1 aromatic carbocycles. The van der Waals surface area contributed by atoms with Crippen molar-refractivity contribution in [3.05, 3.63) is 52.7 Å². The number of nitrogens with zero attached hydrogens (tertiary/aromatic N) is 1. The molecule has 0 spiro atoms. The first-order valence-electron chi connectivity index (χ1n) is 5.19. The van der Waals surface area contributed by atoms with Crippen molar-refractivity contribution >= 4 is 5.78 Å². The van der Waals surface area contributed by atoms with E-state index < -0.39 is 0 Å². The quantitative estimate of drug-likeness (QED) is 0.317. The molecule has 0 radical (unpaired) electrons. The normalized spacial score (nSPS) is 9.68. The zero-order chi connectivity index (χ0) is 13.1. The molecule has 0 amide bonds. The fraction of sp³-hybridized carbons (Fsp3) is 0.0833. The lowest BCUT2D eigenvalue weighted by Crippen LogP contribution is -3.00. The molecule has 0 bridgehead atoms. The highest BCUT2D eigenvalue weighted by Crippen LogP contribution is 2.24. The largest absolute Gasteiger partial charge is 1.00 e. The molecular formula is C12H11ClN2O4. The van der Waals surface area contributed by atoms with Crippen LogP contribution in [0.3, 0.4) is 0 Å². The second-order valence-corrected chi connectivity index (χ2v) is 3.75. The van der Waals surface area contributed by atoms with E-state index in [0.717, 1.165) is 0 Å². The standard InChI is InChI=1S/C12H10N2O4.ClH/c15-9-2-1-8(5-10(9)16)11(17)6-14-4-3-12(18)13-7-14;/h1-5,7H,6H2,(H2,15,16,17);1H. The van der Waals surface area contributed by atoms with Gasteiger partial charge >= 0.3 is 5.56 Å². The Hall–Kier alpha value is -2.34. The molecule has 2 aromatic rings. The predicted molar refractivity (Wildman–Crippen MR) is 61.4 cm³/mol. The van der Waals surface area contributed by atoms with Crippen molar-refractivity contribution in [2.45, 2.75) is 6.54 Å². The number of hydrogen-bond donors (Lipinski definition) is 3. The van der Waals surface area contributed by atoms with Crippen LogP contribution >= 0.6 is 0 Å². The van der Waals surface area contributed by atoms with Gasteiger partial charge in [-0.05, 0) is 18.2 Å². The van der Waals surface area contributed by atoms with Crippen LogP contribution in [0.2, 0.25) is 0 Å². The van der Waals surface area contributed by atoms with Crippen molar-refractivity contribution < 1.29 is 32.0 Å². The van der Waals surface area contributed by atoms with Gasteiger partial charge in [-0.25, -0.2) is 14.3 Å². The summed E-state index contributed by atoms with van der Waals surface area (Å²) in [5, 5.41) is 18.4. The van der Waals surface area contributed by atoms with E-state index >= 15 is 0 Å². The van der Waals surface area contributed by atoms with Crippen LogP contribution in [0.4, 0.5) is 0 Å². The van der Waals surface area contributed by atoms with Crippen LogP contribution in [0.1, 0.15) is 10.4 Å². The van der Waals surface area contributed by atoms with Crippen LogP contribution in [0.5, 0.6) is 11.5 Å². The molecule has 19 heavy (non-hydrogen) atoms. The number of aromatic amines is 1. The molecule has 0 fully saturated rings. The molecule has 1 heterocycles. The summed E-state index contributed by atoms with van der Waals surface area (Å²) in [5.74, 6) is -0.863. The SMILES string of the molecule is O=C(C[n+]1ccc(=O)[nH]c1)c1ccc(O)c(O)c1.[Cl-]. The van der Waals surface area contributed by atoms with Crippen molar-refractivity contribution in [1.29, 1.82) is 0 Å². The Balaban J connectivity index is 0.00000180. The number of rotatable bonds is 3. The first-order chi connectivity index (χ1) is 8.56. The molecule has 0 aliphatic heterocycles. The topological polar surface area (TPSA) is 94.3 Å². The Morgan fingerprint density at radius 1 is 1.21 bits per heavy atom. The first kappa shape index (κ1) is 14.7. The van der Waals surface area contributed by atoms with E-state index in [1.165, 1.54) is 41.4 Å². The number of nitrogens with one attached hydrogen (secondary N) is 1. The fourth-order valence-electron chi connectivity index (χ4n) is 1.45. The first-order valence-corrected chi connectivity index (χ1v) is 5.19. The third-order valence-electron chi connectivity index (χ3n) is 2.41. The smallest absolute Gasteiger partial charge is 0.334 e. The number of carbonyl (C=O) groups excluding carboxylic acids is 1. The number of aromatic nitrogens is 2. The van der Waals surface area contributed by atoms with Gasteiger partial charge in [0.2, 0.25) is 12.1 Å². The summed E-state index contributed by atoms with van der Waals surface area (Å²) in [6, 6.07) is 5.18. The summed E-state index contributed by atoms with van der Waals surface area (Å²) in [6.45, 7) is 0.0288. The number of aromatic hydroxyl groups is 2. The summed E-state index contributed by atoms with van der Waals surface area (Å²) in [4.78, 5) is 25.1. The maximum atomic E-state index is 11.9. The van der Waals surface area contributed by atoms with E-state index in [0.29, 0.717) is 0 Å². The maximum absolute atomic E-state index is 11.9. The monoisotopic (exact) mass is 282 g/mol. The van der Waals surface area contributed by atoms with Crippen molar-refractivity contribution in [2.24, 2.45) is 0 Å². The van der Waals surface area contributed by atoms with E-state index in [2.05, 4.69) is 4.98 Å². The maximum Gasteiger partial charge on any atom is 0.334 e. The lowest BCUT2D eigenvalue weighted by molar-refractivity contribution is -0.686. The molecule has 0 saturated heterocycles.